The second-order valence-electron chi connectivity index (χ2n) is 18.8. The van der Waals surface area contributed by atoms with Gasteiger partial charge in [-0.3, -0.25) is 4.68 Å². The Bertz CT molecular complexity index is 2270. The highest BCUT2D eigenvalue weighted by Gasteiger charge is 2.03. The lowest BCUT2D eigenvalue weighted by Crippen LogP contribution is -1.99. The topological polar surface area (TPSA) is 45.8 Å². The fraction of sp³-hybridized carbons (Fsp3) is 0.417. The van der Waals surface area contributed by atoms with Gasteiger partial charge in [-0.25, -0.2) is 0 Å². The van der Waals surface area contributed by atoms with Crippen LogP contribution < -0.4 is 0 Å². The predicted octanol–water partition coefficient (Wildman–Crippen LogP) is 18.0. The van der Waals surface area contributed by atoms with E-state index in [0.29, 0.717) is 41.9 Å². The van der Waals surface area contributed by atoms with E-state index in [1.54, 1.807) is 6.20 Å². The smallest absolute Gasteiger partial charge is 0.106 e. The van der Waals surface area contributed by atoms with Crippen LogP contribution in [0.4, 0.5) is 0 Å². The van der Waals surface area contributed by atoms with Crippen molar-refractivity contribution in [1.29, 1.82) is 0 Å². The van der Waals surface area contributed by atoms with Gasteiger partial charge in [-0.15, -0.1) is 0 Å². The summed E-state index contributed by atoms with van der Waals surface area (Å²) in [5.41, 5.74) is 6.94. The van der Waals surface area contributed by atoms with Crippen molar-refractivity contribution in [3.8, 4) is 0 Å². The molecule has 0 radical (unpaired) electrons. The first-order valence-corrected chi connectivity index (χ1v) is 24.4. The zero-order valence-corrected chi connectivity index (χ0v) is 44.0. The molecule has 0 unspecified atom stereocenters. The molecule has 0 saturated heterocycles. The lowest BCUT2D eigenvalue weighted by Gasteiger charge is -2.08. The minimum atomic E-state index is 0.491. The van der Waals surface area contributed by atoms with Crippen LogP contribution in [0, 0.1) is 13.8 Å². The molecule has 0 aliphatic carbocycles. The predicted molar refractivity (Wildman–Crippen MR) is 287 cm³/mol. The zero-order chi connectivity index (χ0) is 49.2. The third kappa shape index (κ3) is 21.5. The van der Waals surface area contributed by atoms with E-state index in [0.717, 1.165) is 17.9 Å². The van der Waals surface area contributed by atoms with Crippen molar-refractivity contribution >= 4 is 10.9 Å². The van der Waals surface area contributed by atoms with Gasteiger partial charge in [-0.1, -0.05) is 121 Å². The van der Waals surface area contributed by atoms with E-state index in [2.05, 4.69) is 245 Å². The van der Waals surface area contributed by atoms with E-state index >= 15 is 0 Å². The molecule has 0 bridgehead atoms. The third-order valence-corrected chi connectivity index (χ3v) is 10.8. The fourth-order valence-electron chi connectivity index (χ4n) is 6.42. The molecule has 5 aromatic heterocycles. The van der Waals surface area contributed by atoms with E-state index < -0.39 is 0 Å². The van der Waals surface area contributed by atoms with Gasteiger partial charge in [0.05, 0.1) is 0 Å². The molecular formula is C60H87N5O. The largest absolute Gasteiger partial charge is 0.466 e. The van der Waals surface area contributed by atoms with Crippen LogP contribution in [0.2, 0.25) is 0 Å². The van der Waals surface area contributed by atoms with Gasteiger partial charge in [-0.2, -0.15) is 5.10 Å². The van der Waals surface area contributed by atoms with Crippen LogP contribution in [-0.4, -0.2) is 23.5 Å². The molecule has 8 aromatic rings. The summed E-state index contributed by atoms with van der Waals surface area (Å²) < 4.78 is 13.9. The second-order valence-corrected chi connectivity index (χ2v) is 18.8. The molecule has 5 heterocycles. The van der Waals surface area contributed by atoms with E-state index in [-0.39, 0.29) is 0 Å². The molecule has 0 saturated carbocycles. The summed E-state index contributed by atoms with van der Waals surface area (Å²) in [5.74, 6) is 3.90. The average molecular weight is 894 g/mol. The second kappa shape index (κ2) is 30.5. The van der Waals surface area contributed by atoms with Gasteiger partial charge in [-0.05, 0) is 164 Å². The molecule has 0 aliphatic heterocycles. The summed E-state index contributed by atoms with van der Waals surface area (Å²) in [6, 6.07) is 44.4. The lowest BCUT2D eigenvalue weighted by molar-refractivity contribution is 0.463. The minimum absolute atomic E-state index is 0.491. The number of aromatic nitrogens is 5. The van der Waals surface area contributed by atoms with Gasteiger partial charge < -0.3 is 18.1 Å². The quantitative estimate of drug-likeness (QED) is 0.153. The van der Waals surface area contributed by atoms with Gasteiger partial charge in [0.25, 0.3) is 0 Å². The third-order valence-electron chi connectivity index (χ3n) is 10.8. The Hall–Kier alpha value is -5.75. The summed E-state index contributed by atoms with van der Waals surface area (Å²) in [5, 5.41) is 5.36. The van der Waals surface area contributed by atoms with Crippen molar-refractivity contribution in [3.05, 3.63) is 198 Å². The molecule has 0 N–H and O–H groups in total. The Morgan fingerprint density at radius 3 is 1.41 bits per heavy atom. The first kappa shape index (κ1) is 56.4. The Kier molecular flexibility index (Phi) is 26.0. The summed E-state index contributed by atoms with van der Waals surface area (Å²) in [6.07, 6.45) is 15.5. The monoisotopic (exact) mass is 894 g/mol. The molecule has 66 heavy (non-hydrogen) atoms. The molecule has 0 aliphatic rings. The molecule has 8 rings (SSSR count). The van der Waals surface area contributed by atoms with E-state index in [9.17, 15) is 0 Å². The van der Waals surface area contributed by atoms with Crippen molar-refractivity contribution in [2.24, 2.45) is 0 Å². The van der Waals surface area contributed by atoms with Gasteiger partial charge in [0.1, 0.15) is 11.5 Å². The number of para-hydroxylation sites is 1. The number of furan rings is 1. The number of aryl methyl sites for hydroxylation is 3. The van der Waals surface area contributed by atoms with Crippen molar-refractivity contribution < 1.29 is 4.42 Å². The number of hydrogen-bond acceptors (Lipinski definition) is 2. The van der Waals surface area contributed by atoms with Crippen molar-refractivity contribution in [2.75, 3.05) is 0 Å². The normalized spacial score (nSPS) is 10.6. The van der Waals surface area contributed by atoms with Crippen molar-refractivity contribution in [2.45, 2.75) is 166 Å². The Balaban J connectivity index is 0.000000266. The summed E-state index contributed by atoms with van der Waals surface area (Å²) in [6.45, 7) is 36.7. The van der Waals surface area contributed by atoms with Crippen LogP contribution in [0.5, 0.6) is 0 Å². The van der Waals surface area contributed by atoms with Gasteiger partial charge in [0.15, 0.2) is 0 Å². The highest BCUT2D eigenvalue weighted by atomic mass is 16.3. The molecule has 0 spiro atoms. The van der Waals surface area contributed by atoms with Crippen LogP contribution >= 0.6 is 0 Å². The highest BCUT2D eigenvalue weighted by molar-refractivity contribution is 5.80. The van der Waals surface area contributed by atoms with Crippen molar-refractivity contribution in [3.63, 3.8) is 0 Å². The fourth-order valence-corrected chi connectivity index (χ4v) is 6.42. The van der Waals surface area contributed by atoms with Gasteiger partial charge in [0.2, 0.25) is 0 Å². The molecule has 3 aromatic carbocycles. The lowest BCUT2D eigenvalue weighted by atomic mass is 10.0. The average Bonchev–Trinajstić information content (AvgIpc) is 4.16. The standard InChI is InChI=1S/C11H13N.C11H16.C9H12.C8H13N.C8H12O.C7H11N.C6H10N2/c1-9(2)12-8-7-10-5-3-4-6-11(10)12;1-4-10-5-7-11(8-6-10)9(2)3;1-8(2)9-6-4-3-5-7-9;1-7(2)9-5-4-8(3)6-9;1-6(2)8-5-4-7(3)9-8;1-7(2)8-5-3-4-6-8;1-6(2)8-5-3-4-7-8/h3-9H,1-2H3;5-9H,4H2,1-3H3;3-8H,1-2H3;4-7H,1-3H3;4-6H,1-3H3;3-7H,1-2H3;3-6H,1-2H3. The number of benzene rings is 3. The maximum atomic E-state index is 5.34. The van der Waals surface area contributed by atoms with Crippen LogP contribution in [0.15, 0.2) is 169 Å². The maximum Gasteiger partial charge on any atom is 0.106 e. The van der Waals surface area contributed by atoms with Crippen molar-refractivity contribution in [1.82, 2.24) is 23.5 Å². The van der Waals surface area contributed by atoms with Crippen LogP contribution in [0.3, 0.4) is 0 Å². The van der Waals surface area contributed by atoms with Gasteiger partial charge >= 0.3 is 0 Å². The first-order chi connectivity index (χ1) is 31.3. The SMILES string of the molecule is CC(C)c1ccccc1.CC(C)n1ccc2ccccc21.CC(C)n1cccc1.CC(C)n1cccn1.CCc1ccc(C(C)C)cc1.Cc1ccc(C(C)C)o1.Cc1ccn(C(C)C)c1. The Morgan fingerprint density at radius 1 is 0.470 bits per heavy atom. The first-order valence-electron chi connectivity index (χ1n) is 24.4. The maximum absolute atomic E-state index is 5.34. The molecule has 0 fully saturated rings. The highest BCUT2D eigenvalue weighted by Crippen LogP contribution is 2.20. The van der Waals surface area contributed by atoms with E-state index in [4.69, 9.17) is 4.42 Å². The number of rotatable bonds is 8. The summed E-state index contributed by atoms with van der Waals surface area (Å²) in [4.78, 5) is 0. The summed E-state index contributed by atoms with van der Waals surface area (Å²) in [7, 11) is 0. The number of nitrogens with zero attached hydrogens (tertiary/aromatic N) is 5. The molecular weight excluding hydrogens is 807 g/mol. The minimum Gasteiger partial charge on any atom is -0.466 e. The van der Waals surface area contributed by atoms with Crippen LogP contribution in [0.1, 0.15) is 180 Å². The number of hydrogen-bond donors (Lipinski definition) is 0. The molecule has 0 amide bonds. The van der Waals surface area contributed by atoms with Gasteiger partial charge in [0, 0.05) is 79.0 Å². The summed E-state index contributed by atoms with van der Waals surface area (Å²) >= 11 is 0. The molecule has 6 nitrogen and oxygen atoms in total. The molecule has 6 heteroatoms. The number of fused-ring (bicyclic) bond motifs is 1. The Morgan fingerprint density at radius 2 is 1.05 bits per heavy atom. The molecule has 358 valence electrons. The van der Waals surface area contributed by atoms with E-state index in [1.165, 1.54) is 33.2 Å². The van der Waals surface area contributed by atoms with Crippen LogP contribution in [0.25, 0.3) is 10.9 Å². The van der Waals surface area contributed by atoms with E-state index in [1.807, 2.05) is 54.2 Å². The van der Waals surface area contributed by atoms with Crippen LogP contribution in [-0.2, 0) is 6.42 Å². The molecule has 0 atom stereocenters. The zero-order valence-electron chi connectivity index (χ0n) is 44.0. The Labute approximate surface area is 401 Å².